The first-order valence-corrected chi connectivity index (χ1v) is 12.0. The highest BCUT2D eigenvalue weighted by atomic mass is 79.9. The lowest BCUT2D eigenvalue weighted by Crippen LogP contribution is -2.16. The number of aryl methyl sites for hydroxylation is 2. The van der Waals surface area contributed by atoms with Gasteiger partial charge in [0.25, 0.3) is 0 Å². The lowest BCUT2D eigenvalue weighted by atomic mass is 9.87. The van der Waals surface area contributed by atoms with Gasteiger partial charge in [0.1, 0.15) is 12.4 Å². The lowest BCUT2D eigenvalue weighted by Gasteiger charge is -2.20. The van der Waals surface area contributed by atoms with Gasteiger partial charge in [-0.15, -0.1) is 0 Å². The van der Waals surface area contributed by atoms with Crippen molar-refractivity contribution in [2.75, 3.05) is 14.2 Å². The van der Waals surface area contributed by atoms with Crippen LogP contribution in [0.25, 0.3) is 11.1 Å². The molecule has 0 aliphatic rings. The summed E-state index contributed by atoms with van der Waals surface area (Å²) in [6, 6.07) is 13.7. The highest BCUT2D eigenvalue weighted by molar-refractivity contribution is 9.10. The maximum atomic E-state index is 12.8. The third-order valence-electron chi connectivity index (χ3n) is 5.76. The van der Waals surface area contributed by atoms with Gasteiger partial charge in [-0.05, 0) is 48.6 Å². The SMILES string of the molecule is COC(=O)c1c(C)nc(C)c(C(=O)OC)c1-c1cc(Br)ccc1OCc1ccc(C(C)(C)C)cc1. The number of carbonyl (C=O) groups excluding carboxylic acids is 2. The van der Waals surface area contributed by atoms with Crippen LogP contribution in [0.15, 0.2) is 46.9 Å². The van der Waals surface area contributed by atoms with Crippen LogP contribution in [0.4, 0.5) is 0 Å². The fraction of sp³-hybridized carbons (Fsp3) is 0.321. The molecule has 0 saturated heterocycles. The Balaban J connectivity index is 2.15. The van der Waals surface area contributed by atoms with E-state index in [0.717, 1.165) is 10.0 Å². The molecule has 0 radical (unpaired) electrons. The van der Waals surface area contributed by atoms with E-state index in [1.165, 1.54) is 19.8 Å². The number of benzene rings is 2. The molecule has 0 atom stereocenters. The molecule has 184 valence electrons. The zero-order chi connectivity index (χ0) is 25.9. The molecule has 0 fully saturated rings. The van der Waals surface area contributed by atoms with Crippen LogP contribution < -0.4 is 4.74 Å². The predicted octanol–water partition coefficient (Wildman–Crippen LogP) is 6.58. The molecule has 1 heterocycles. The summed E-state index contributed by atoms with van der Waals surface area (Å²) >= 11 is 3.51. The van der Waals surface area contributed by atoms with Crippen LogP contribution in [-0.2, 0) is 21.5 Å². The molecule has 0 amide bonds. The van der Waals surface area contributed by atoms with Crippen LogP contribution in [0.1, 0.15) is 64.0 Å². The van der Waals surface area contributed by atoms with Crippen molar-refractivity contribution in [1.29, 1.82) is 0 Å². The van der Waals surface area contributed by atoms with Gasteiger partial charge in [0.15, 0.2) is 0 Å². The van der Waals surface area contributed by atoms with E-state index in [9.17, 15) is 9.59 Å². The number of hydrogen-bond acceptors (Lipinski definition) is 6. The average molecular weight is 540 g/mol. The van der Waals surface area contributed by atoms with Gasteiger partial charge in [0.2, 0.25) is 0 Å². The van der Waals surface area contributed by atoms with Crippen LogP contribution in [0, 0.1) is 13.8 Å². The summed E-state index contributed by atoms with van der Waals surface area (Å²) in [5, 5.41) is 0. The molecule has 0 unspecified atom stereocenters. The second kappa shape index (κ2) is 10.6. The number of carbonyl (C=O) groups is 2. The third-order valence-corrected chi connectivity index (χ3v) is 6.26. The highest BCUT2D eigenvalue weighted by Gasteiger charge is 2.29. The van der Waals surface area contributed by atoms with Gasteiger partial charge in [-0.1, -0.05) is 61.0 Å². The molecule has 0 bridgehead atoms. The summed E-state index contributed by atoms with van der Waals surface area (Å²) < 4.78 is 17.1. The fourth-order valence-electron chi connectivity index (χ4n) is 3.91. The van der Waals surface area contributed by atoms with Crippen LogP contribution in [-0.4, -0.2) is 31.1 Å². The largest absolute Gasteiger partial charge is 0.488 e. The van der Waals surface area contributed by atoms with E-state index >= 15 is 0 Å². The number of methoxy groups -OCH3 is 2. The molecule has 2 aromatic carbocycles. The van der Waals surface area contributed by atoms with Crippen molar-refractivity contribution in [3.63, 3.8) is 0 Å². The average Bonchev–Trinajstić information content (AvgIpc) is 2.81. The summed E-state index contributed by atoms with van der Waals surface area (Å²) in [5.41, 5.74) is 4.49. The van der Waals surface area contributed by atoms with E-state index in [1.807, 2.05) is 24.3 Å². The Morgan fingerprint density at radius 3 is 1.91 bits per heavy atom. The van der Waals surface area contributed by atoms with Gasteiger partial charge in [-0.25, -0.2) is 9.59 Å². The highest BCUT2D eigenvalue weighted by Crippen LogP contribution is 2.40. The van der Waals surface area contributed by atoms with Crippen LogP contribution >= 0.6 is 15.9 Å². The number of halogens is 1. The number of rotatable bonds is 6. The summed E-state index contributed by atoms with van der Waals surface area (Å²) in [6.45, 7) is 10.2. The Morgan fingerprint density at radius 1 is 0.886 bits per heavy atom. The third kappa shape index (κ3) is 5.73. The van der Waals surface area contributed by atoms with Crippen molar-refractivity contribution in [2.45, 2.75) is 46.6 Å². The normalized spacial score (nSPS) is 11.2. The maximum absolute atomic E-state index is 12.8. The van der Waals surface area contributed by atoms with E-state index in [1.54, 1.807) is 19.9 Å². The molecule has 35 heavy (non-hydrogen) atoms. The Kier molecular flexibility index (Phi) is 8.00. The quantitative estimate of drug-likeness (QED) is 0.329. The van der Waals surface area contributed by atoms with E-state index in [0.29, 0.717) is 34.9 Å². The van der Waals surface area contributed by atoms with Crippen molar-refractivity contribution in [3.8, 4) is 16.9 Å². The Bertz CT molecular complexity index is 1220. The number of pyridine rings is 1. The first-order chi connectivity index (χ1) is 16.5. The zero-order valence-electron chi connectivity index (χ0n) is 21.1. The predicted molar refractivity (Wildman–Crippen MR) is 139 cm³/mol. The molecule has 0 saturated carbocycles. The molecule has 0 N–H and O–H groups in total. The van der Waals surface area contributed by atoms with Crippen molar-refractivity contribution in [3.05, 3.63) is 80.6 Å². The van der Waals surface area contributed by atoms with Gasteiger partial charge >= 0.3 is 11.9 Å². The fourth-order valence-corrected chi connectivity index (χ4v) is 4.27. The summed E-state index contributed by atoms with van der Waals surface area (Å²) in [4.78, 5) is 30.1. The van der Waals surface area contributed by atoms with E-state index in [4.69, 9.17) is 14.2 Å². The van der Waals surface area contributed by atoms with E-state index in [-0.39, 0.29) is 16.5 Å². The van der Waals surface area contributed by atoms with Crippen molar-refractivity contribution >= 4 is 27.9 Å². The topological polar surface area (TPSA) is 74.7 Å². The van der Waals surface area contributed by atoms with Crippen LogP contribution in [0.5, 0.6) is 5.75 Å². The number of ether oxygens (including phenoxy) is 3. The molecular formula is C28H30BrNO5. The molecule has 0 aliphatic heterocycles. The van der Waals surface area contributed by atoms with E-state index in [2.05, 4.69) is 53.8 Å². The molecule has 3 aromatic rings. The number of esters is 2. The van der Waals surface area contributed by atoms with Gasteiger partial charge in [-0.2, -0.15) is 0 Å². The van der Waals surface area contributed by atoms with Crippen molar-refractivity contribution < 1.29 is 23.8 Å². The first kappa shape index (κ1) is 26.4. The molecule has 0 spiro atoms. The maximum Gasteiger partial charge on any atom is 0.340 e. The van der Waals surface area contributed by atoms with Crippen LogP contribution in [0.3, 0.4) is 0 Å². The molecule has 0 aliphatic carbocycles. The Morgan fingerprint density at radius 2 is 1.43 bits per heavy atom. The Hall–Kier alpha value is -3.19. The molecule has 6 nitrogen and oxygen atoms in total. The van der Waals surface area contributed by atoms with Gasteiger partial charge < -0.3 is 14.2 Å². The smallest absolute Gasteiger partial charge is 0.340 e. The number of aromatic nitrogens is 1. The monoisotopic (exact) mass is 539 g/mol. The van der Waals surface area contributed by atoms with Gasteiger partial charge in [0.05, 0.1) is 36.7 Å². The molecular weight excluding hydrogens is 510 g/mol. The second-order valence-electron chi connectivity index (χ2n) is 9.27. The van der Waals surface area contributed by atoms with Gasteiger partial charge in [-0.3, -0.25) is 4.98 Å². The lowest BCUT2D eigenvalue weighted by molar-refractivity contribution is 0.0599. The number of hydrogen-bond donors (Lipinski definition) is 0. The van der Waals surface area contributed by atoms with Crippen LogP contribution in [0.2, 0.25) is 0 Å². The number of nitrogens with zero attached hydrogens (tertiary/aromatic N) is 1. The summed E-state index contributed by atoms with van der Waals surface area (Å²) in [7, 11) is 2.59. The van der Waals surface area contributed by atoms with Crippen molar-refractivity contribution in [2.24, 2.45) is 0 Å². The minimum atomic E-state index is -0.598. The zero-order valence-corrected chi connectivity index (χ0v) is 22.7. The standard InChI is InChI=1S/C28H30BrNO5/c1-16-23(26(31)33-6)25(24(17(2)30-16)27(32)34-7)21-14-20(29)12-13-22(21)35-15-18-8-10-19(11-9-18)28(3,4)5/h8-14H,15H2,1-7H3. The minimum absolute atomic E-state index is 0.0594. The van der Waals surface area contributed by atoms with Crippen molar-refractivity contribution in [1.82, 2.24) is 4.98 Å². The first-order valence-electron chi connectivity index (χ1n) is 11.2. The molecule has 3 rings (SSSR count). The molecule has 7 heteroatoms. The second-order valence-corrected chi connectivity index (χ2v) is 10.2. The summed E-state index contributed by atoms with van der Waals surface area (Å²) in [5.74, 6) is -0.689. The van der Waals surface area contributed by atoms with Gasteiger partial charge in [0, 0.05) is 15.6 Å². The Labute approximate surface area is 214 Å². The van der Waals surface area contributed by atoms with E-state index < -0.39 is 11.9 Å². The molecule has 1 aromatic heterocycles. The minimum Gasteiger partial charge on any atom is -0.488 e. The summed E-state index contributed by atoms with van der Waals surface area (Å²) in [6.07, 6.45) is 0.